The minimum absolute atomic E-state index is 0.418. The van der Waals surface area contributed by atoms with Gasteiger partial charge < -0.3 is 4.57 Å². The first kappa shape index (κ1) is 9.09. The van der Waals surface area contributed by atoms with Crippen LogP contribution in [-0.4, -0.2) is 21.8 Å². The second kappa shape index (κ2) is 4.15. The average molecular weight is 197 g/mol. The van der Waals surface area contributed by atoms with Gasteiger partial charge in [0.1, 0.15) is 11.2 Å². The number of aryl methyl sites for hydroxylation is 1. The molecule has 1 fully saturated rings. The maximum absolute atomic E-state index is 4.40. The molecule has 1 atom stereocenters. The molecule has 0 spiro atoms. The van der Waals surface area contributed by atoms with Gasteiger partial charge in [-0.25, -0.2) is 4.98 Å². The van der Waals surface area contributed by atoms with Gasteiger partial charge in [0.2, 0.25) is 0 Å². The summed E-state index contributed by atoms with van der Waals surface area (Å²) in [6.07, 6.45) is 5.13. The van der Waals surface area contributed by atoms with Crippen molar-refractivity contribution in [1.29, 1.82) is 0 Å². The number of nitrogens with one attached hydrogen (secondary N) is 1. The SMILES string of the molecule is CCCn1ccnc1C1NCCS1. The first-order chi connectivity index (χ1) is 6.42. The lowest BCUT2D eigenvalue weighted by atomic mass is 10.4. The molecule has 1 aliphatic rings. The predicted molar refractivity (Wildman–Crippen MR) is 55.7 cm³/mol. The van der Waals surface area contributed by atoms with Gasteiger partial charge in [0.05, 0.1) is 0 Å². The van der Waals surface area contributed by atoms with Crippen LogP contribution < -0.4 is 5.32 Å². The van der Waals surface area contributed by atoms with Crippen molar-refractivity contribution in [3.8, 4) is 0 Å². The van der Waals surface area contributed by atoms with Crippen molar-refractivity contribution in [3.05, 3.63) is 18.2 Å². The first-order valence-electron chi connectivity index (χ1n) is 4.78. The number of hydrogen-bond donors (Lipinski definition) is 1. The number of rotatable bonds is 3. The van der Waals surface area contributed by atoms with Crippen molar-refractivity contribution in [2.24, 2.45) is 0 Å². The van der Waals surface area contributed by atoms with Gasteiger partial charge in [0.15, 0.2) is 0 Å². The molecule has 0 aliphatic carbocycles. The molecular weight excluding hydrogens is 182 g/mol. The molecule has 1 N–H and O–H groups in total. The Balaban J connectivity index is 2.13. The molecule has 0 bridgehead atoms. The quantitative estimate of drug-likeness (QED) is 0.798. The molecule has 72 valence electrons. The Morgan fingerprint density at radius 3 is 3.38 bits per heavy atom. The van der Waals surface area contributed by atoms with Crippen LogP contribution in [0.4, 0.5) is 0 Å². The van der Waals surface area contributed by atoms with E-state index in [1.54, 1.807) is 0 Å². The molecule has 1 saturated heterocycles. The largest absolute Gasteiger partial charge is 0.333 e. The molecule has 2 heterocycles. The molecule has 0 amide bonds. The van der Waals surface area contributed by atoms with Gasteiger partial charge in [-0.05, 0) is 6.42 Å². The monoisotopic (exact) mass is 197 g/mol. The predicted octanol–water partition coefficient (Wildman–Crippen LogP) is 1.63. The third kappa shape index (κ3) is 1.89. The van der Waals surface area contributed by atoms with Crippen molar-refractivity contribution >= 4 is 11.8 Å². The second-order valence-corrected chi connectivity index (χ2v) is 4.40. The van der Waals surface area contributed by atoms with E-state index < -0.39 is 0 Å². The van der Waals surface area contributed by atoms with Gasteiger partial charge in [-0.3, -0.25) is 5.32 Å². The van der Waals surface area contributed by atoms with Gasteiger partial charge in [-0.15, -0.1) is 11.8 Å². The van der Waals surface area contributed by atoms with Gasteiger partial charge in [-0.1, -0.05) is 6.92 Å². The van der Waals surface area contributed by atoms with Crippen LogP contribution >= 0.6 is 11.8 Å². The molecule has 2 rings (SSSR count). The summed E-state index contributed by atoms with van der Waals surface area (Å²) < 4.78 is 2.25. The fourth-order valence-electron chi connectivity index (χ4n) is 1.58. The Morgan fingerprint density at radius 2 is 2.69 bits per heavy atom. The van der Waals surface area contributed by atoms with E-state index in [-0.39, 0.29) is 0 Å². The number of imidazole rings is 1. The van der Waals surface area contributed by atoms with Crippen molar-refractivity contribution < 1.29 is 0 Å². The molecule has 3 nitrogen and oxygen atoms in total. The molecule has 0 radical (unpaired) electrons. The fourth-order valence-corrected chi connectivity index (χ4v) is 2.63. The maximum atomic E-state index is 4.40. The minimum atomic E-state index is 0.418. The van der Waals surface area contributed by atoms with E-state index in [4.69, 9.17) is 0 Å². The van der Waals surface area contributed by atoms with E-state index in [0.717, 1.165) is 13.1 Å². The summed E-state index contributed by atoms with van der Waals surface area (Å²) in [5, 5.41) is 3.86. The summed E-state index contributed by atoms with van der Waals surface area (Å²) in [6, 6.07) is 0. The van der Waals surface area contributed by atoms with Crippen LogP contribution in [0, 0.1) is 0 Å². The van der Waals surface area contributed by atoms with Crippen LogP contribution in [0.5, 0.6) is 0 Å². The third-order valence-corrected chi connectivity index (χ3v) is 3.31. The van der Waals surface area contributed by atoms with Crippen molar-refractivity contribution in [3.63, 3.8) is 0 Å². The number of hydrogen-bond acceptors (Lipinski definition) is 3. The number of thioether (sulfide) groups is 1. The molecule has 0 saturated carbocycles. The summed E-state index contributed by atoms with van der Waals surface area (Å²) in [7, 11) is 0. The molecule has 4 heteroatoms. The lowest BCUT2D eigenvalue weighted by Gasteiger charge is -2.11. The summed E-state index contributed by atoms with van der Waals surface area (Å²) in [5.74, 6) is 2.38. The van der Waals surface area contributed by atoms with Crippen molar-refractivity contribution in [2.75, 3.05) is 12.3 Å². The Kier molecular flexibility index (Phi) is 2.90. The second-order valence-electron chi connectivity index (χ2n) is 3.18. The van der Waals surface area contributed by atoms with Crippen LogP contribution in [0.3, 0.4) is 0 Å². The highest BCUT2D eigenvalue weighted by atomic mass is 32.2. The standard InChI is InChI=1S/C9H15N3S/c1-2-5-12-6-3-10-8(12)9-11-4-7-13-9/h3,6,9,11H,2,4-5,7H2,1H3. The lowest BCUT2D eigenvalue weighted by molar-refractivity contribution is 0.603. The van der Waals surface area contributed by atoms with Crippen LogP contribution in [-0.2, 0) is 6.54 Å². The van der Waals surface area contributed by atoms with Crippen LogP contribution in [0.15, 0.2) is 12.4 Å². The molecule has 1 aromatic heterocycles. The zero-order valence-corrected chi connectivity index (χ0v) is 8.68. The summed E-state index contributed by atoms with van der Waals surface area (Å²) >= 11 is 1.95. The first-order valence-corrected chi connectivity index (χ1v) is 5.82. The highest BCUT2D eigenvalue weighted by Crippen LogP contribution is 2.28. The Bertz CT molecular complexity index is 266. The summed E-state index contributed by atoms with van der Waals surface area (Å²) in [4.78, 5) is 4.40. The highest BCUT2D eigenvalue weighted by molar-refractivity contribution is 7.99. The maximum Gasteiger partial charge on any atom is 0.136 e. The summed E-state index contributed by atoms with van der Waals surface area (Å²) in [5.41, 5.74) is 0. The Morgan fingerprint density at radius 1 is 1.77 bits per heavy atom. The van der Waals surface area contributed by atoms with E-state index >= 15 is 0 Å². The van der Waals surface area contributed by atoms with Crippen LogP contribution in [0.1, 0.15) is 24.5 Å². The highest BCUT2D eigenvalue weighted by Gasteiger charge is 2.20. The fraction of sp³-hybridized carbons (Fsp3) is 0.667. The molecular formula is C9H15N3S. The molecule has 13 heavy (non-hydrogen) atoms. The van der Waals surface area contributed by atoms with E-state index in [1.807, 2.05) is 18.0 Å². The Hall–Kier alpha value is -0.480. The van der Waals surface area contributed by atoms with E-state index in [9.17, 15) is 0 Å². The normalized spacial score (nSPS) is 22.4. The van der Waals surface area contributed by atoms with Crippen molar-refractivity contribution in [2.45, 2.75) is 25.3 Å². The lowest BCUT2D eigenvalue weighted by Crippen LogP contribution is -2.16. The molecule has 0 aromatic carbocycles. The smallest absolute Gasteiger partial charge is 0.136 e. The van der Waals surface area contributed by atoms with Gasteiger partial charge in [0.25, 0.3) is 0 Å². The summed E-state index contributed by atoms with van der Waals surface area (Å²) in [6.45, 7) is 4.38. The third-order valence-electron chi connectivity index (χ3n) is 2.16. The van der Waals surface area contributed by atoms with E-state index in [2.05, 4.69) is 28.0 Å². The van der Waals surface area contributed by atoms with Gasteiger partial charge in [-0.2, -0.15) is 0 Å². The number of aromatic nitrogens is 2. The minimum Gasteiger partial charge on any atom is -0.333 e. The topological polar surface area (TPSA) is 29.9 Å². The molecule has 1 aliphatic heterocycles. The molecule has 1 aromatic rings. The zero-order chi connectivity index (χ0) is 9.10. The Labute approximate surface area is 82.9 Å². The van der Waals surface area contributed by atoms with Crippen LogP contribution in [0.2, 0.25) is 0 Å². The number of nitrogens with zero attached hydrogens (tertiary/aromatic N) is 2. The van der Waals surface area contributed by atoms with Crippen molar-refractivity contribution in [1.82, 2.24) is 14.9 Å². The zero-order valence-electron chi connectivity index (χ0n) is 7.86. The van der Waals surface area contributed by atoms with Gasteiger partial charge in [0, 0.05) is 31.2 Å². The van der Waals surface area contributed by atoms with Gasteiger partial charge >= 0.3 is 0 Å². The van der Waals surface area contributed by atoms with Crippen LogP contribution in [0.25, 0.3) is 0 Å². The van der Waals surface area contributed by atoms with E-state index in [1.165, 1.54) is 18.0 Å². The average Bonchev–Trinajstić information content (AvgIpc) is 2.71. The van der Waals surface area contributed by atoms with E-state index in [0.29, 0.717) is 5.37 Å². The molecule has 1 unspecified atom stereocenters.